The number of nitrogen functional groups attached to an aromatic ring is 1. The zero-order chi connectivity index (χ0) is 8.43. The maximum atomic E-state index is 12.7. The third-order valence-electron chi connectivity index (χ3n) is 1.43. The second-order valence-corrected chi connectivity index (χ2v) is 2.27. The van der Waals surface area contributed by atoms with Crippen LogP contribution >= 0.6 is 0 Å². The van der Waals surface area contributed by atoms with E-state index in [0.29, 0.717) is 11.3 Å². The number of nitrogens with one attached hydrogen (secondary N) is 1. The second kappa shape index (κ2) is 2.65. The lowest BCUT2D eigenvalue weighted by atomic mass is 10.2. The van der Waals surface area contributed by atoms with Crippen LogP contribution in [0.25, 0.3) is 0 Å². The van der Waals surface area contributed by atoms with E-state index in [1.807, 2.05) is 0 Å². The summed E-state index contributed by atoms with van der Waals surface area (Å²) in [7, 11) is 0. The molecule has 3 N–H and O–H groups in total. The molecule has 0 radical (unpaired) electrons. The Morgan fingerprint density at radius 2 is 2.18 bits per heavy atom. The summed E-state index contributed by atoms with van der Waals surface area (Å²) < 4.78 is 12.7. The molecule has 0 heterocycles. The molecule has 0 unspecified atom stereocenters. The lowest BCUT2D eigenvalue weighted by Gasteiger charge is -2.00. The highest BCUT2D eigenvalue weighted by Gasteiger charge is 2.02. The normalized spacial score (nSPS) is 9.64. The summed E-state index contributed by atoms with van der Waals surface area (Å²) in [6, 6.07) is 2.61. The maximum Gasteiger partial charge on any atom is 0.128 e. The minimum atomic E-state index is -0.384. The molecule has 0 atom stereocenters. The van der Waals surface area contributed by atoms with Gasteiger partial charge in [0, 0.05) is 6.07 Å². The lowest BCUT2D eigenvalue weighted by Crippen LogP contribution is -1.89. The molecule has 58 valence electrons. The van der Waals surface area contributed by atoms with Gasteiger partial charge in [-0.3, -0.25) is 0 Å². The van der Waals surface area contributed by atoms with Crippen molar-refractivity contribution in [3.05, 3.63) is 23.5 Å². The van der Waals surface area contributed by atoms with Crippen molar-refractivity contribution in [2.24, 2.45) is 5.11 Å². The van der Waals surface area contributed by atoms with Gasteiger partial charge in [-0.1, -0.05) is 0 Å². The Morgan fingerprint density at radius 1 is 1.55 bits per heavy atom. The Balaban J connectivity index is 3.31. The molecule has 0 amide bonds. The molecular weight excluding hydrogens is 145 g/mol. The third kappa shape index (κ3) is 1.34. The van der Waals surface area contributed by atoms with Crippen molar-refractivity contribution in [1.29, 1.82) is 5.53 Å². The van der Waals surface area contributed by atoms with Crippen LogP contribution in [0, 0.1) is 18.3 Å². The summed E-state index contributed by atoms with van der Waals surface area (Å²) in [6.07, 6.45) is 0. The van der Waals surface area contributed by atoms with Crippen LogP contribution in [-0.4, -0.2) is 0 Å². The number of hydrogen-bond donors (Lipinski definition) is 2. The van der Waals surface area contributed by atoms with Crippen molar-refractivity contribution in [2.75, 3.05) is 5.73 Å². The van der Waals surface area contributed by atoms with Gasteiger partial charge in [-0.25, -0.2) is 9.92 Å². The summed E-state index contributed by atoms with van der Waals surface area (Å²) in [6.45, 7) is 1.61. The highest BCUT2D eigenvalue weighted by atomic mass is 19.1. The predicted molar refractivity (Wildman–Crippen MR) is 40.4 cm³/mol. The van der Waals surface area contributed by atoms with Crippen LogP contribution in [0.3, 0.4) is 0 Å². The first-order chi connectivity index (χ1) is 5.15. The predicted octanol–water partition coefficient (Wildman–Crippen LogP) is 2.38. The zero-order valence-electron chi connectivity index (χ0n) is 6.06. The van der Waals surface area contributed by atoms with Crippen LogP contribution in [-0.2, 0) is 0 Å². The van der Waals surface area contributed by atoms with Crippen molar-refractivity contribution < 1.29 is 4.39 Å². The molecule has 0 saturated carbocycles. The molecule has 0 saturated heterocycles. The van der Waals surface area contributed by atoms with Crippen molar-refractivity contribution in [2.45, 2.75) is 6.92 Å². The Morgan fingerprint density at radius 3 is 2.73 bits per heavy atom. The summed E-state index contributed by atoms with van der Waals surface area (Å²) in [5.74, 6) is -0.384. The number of rotatable bonds is 1. The summed E-state index contributed by atoms with van der Waals surface area (Å²) in [4.78, 5) is 0. The Bertz CT molecular complexity index is 296. The average molecular weight is 153 g/mol. The van der Waals surface area contributed by atoms with E-state index in [1.54, 1.807) is 6.92 Å². The quantitative estimate of drug-likeness (QED) is 0.472. The number of halogens is 1. The van der Waals surface area contributed by atoms with E-state index in [-0.39, 0.29) is 11.5 Å². The van der Waals surface area contributed by atoms with E-state index < -0.39 is 0 Å². The van der Waals surface area contributed by atoms with Gasteiger partial charge in [0.2, 0.25) is 0 Å². The molecular formula is C7H8FN3. The standard InChI is InChI=1S/C7H8FN3/c1-4-2-6(9)7(11-10)3-5(4)8/h2-3,10H,9H2,1H3. The summed E-state index contributed by atoms with van der Waals surface area (Å²) in [5, 5.41) is 3.06. The summed E-state index contributed by atoms with van der Waals surface area (Å²) in [5.41, 5.74) is 13.0. The molecule has 1 aromatic carbocycles. The van der Waals surface area contributed by atoms with Gasteiger partial charge < -0.3 is 5.73 Å². The highest BCUT2D eigenvalue weighted by molar-refractivity contribution is 5.63. The van der Waals surface area contributed by atoms with Crippen LogP contribution in [0.5, 0.6) is 0 Å². The maximum absolute atomic E-state index is 12.7. The van der Waals surface area contributed by atoms with Crippen molar-refractivity contribution in [1.82, 2.24) is 0 Å². The number of benzene rings is 1. The lowest BCUT2D eigenvalue weighted by molar-refractivity contribution is 0.619. The monoisotopic (exact) mass is 153 g/mol. The van der Waals surface area contributed by atoms with Crippen LogP contribution in [0.15, 0.2) is 17.2 Å². The van der Waals surface area contributed by atoms with Crippen molar-refractivity contribution in [3.8, 4) is 0 Å². The van der Waals surface area contributed by atoms with Gasteiger partial charge in [0.05, 0.1) is 5.69 Å². The smallest absolute Gasteiger partial charge is 0.128 e. The van der Waals surface area contributed by atoms with Crippen molar-refractivity contribution in [3.63, 3.8) is 0 Å². The molecule has 1 aromatic rings. The largest absolute Gasteiger partial charge is 0.397 e. The Kier molecular flexibility index (Phi) is 1.85. The number of hydrogen-bond acceptors (Lipinski definition) is 3. The third-order valence-corrected chi connectivity index (χ3v) is 1.43. The van der Waals surface area contributed by atoms with Gasteiger partial charge in [0.1, 0.15) is 11.5 Å². The van der Waals surface area contributed by atoms with Gasteiger partial charge in [-0.05, 0) is 18.6 Å². The molecule has 0 aliphatic rings. The minimum absolute atomic E-state index is 0.174. The molecule has 1 rings (SSSR count). The molecule has 11 heavy (non-hydrogen) atoms. The van der Waals surface area contributed by atoms with E-state index >= 15 is 0 Å². The molecule has 3 nitrogen and oxygen atoms in total. The van der Waals surface area contributed by atoms with Crippen LogP contribution in [0.2, 0.25) is 0 Å². The first-order valence-corrected chi connectivity index (χ1v) is 3.08. The number of anilines is 1. The van der Waals surface area contributed by atoms with E-state index in [2.05, 4.69) is 5.11 Å². The van der Waals surface area contributed by atoms with E-state index in [1.165, 1.54) is 6.07 Å². The fraction of sp³-hybridized carbons (Fsp3) is 0.143. The molecule has 0 spiro atoms. The van der Waals surface area contributed by atoms with Gasteiger partial charge in [-0.2, -0.15) is 5.11 Å². The number of nitrogens with zero attached hydrogens (tertiary/aromatic N) is 1. The minimum Gasteiger partial charge on any atom is -0.397 e. The Labute approximate surface area is 63.5 Å². The fourth-order valence-electron chi connectivity index (χ4n) is 0.790. The number of aryl methyl sites for hydroxylation is 1. The van der Waals surface area contributed by atoms with E-state index in [9.17, 15) is 4.39 Å². The second-order valence-electron chi connectivity index (χ2n) is 2.27. The summed E-state index contributed by atoms with van der Waals surface area (Å²) >= 11 is 0. The van der Waals surface area contributed by atoms with Crippen molar-refractivity contribution >= 4 is 11.4 Å². The van der Waals surface area contributed by atoms with Crippen LogP contribution in [0.1, 0.15) is 5.56 Å². The van der Waals surface area contributed by atoms with Gasteiger partial charge in [0.15, 0.2) is 0 Å². The number of nitrogens with two attached hydrogens (primary N) is 1. The molecule has 0 aliphatic carbocycles. The Hall–Kier alpha value is -1.45. The molecule has 4 heteroatoms. The highest BCUT2D eigenvalue weighted by Crippen LogP contribution is 2.24. The van der Waals surface area contributed by atoms with E-state index in [0.717, 1.165) is 6.07 Å². The first kappa shape index (κ1) is 7.65. The SMILES string of the molecule is Cc1cc(N)c(N=N)cc1F. The van der Waals surface area contributed by atoms with Gasteiger partial charge in [0.25, 0.3) is 0 Å². The van der Waals surface area contributed by atoms with Crippen LogP contribution in [0.4, 0.5) is 15.8 Å². The van der Waals surface area contributed by atoms with Gasteiger partial charge >= 0.3 is 0 Å². The van der Waals surface area contributed by atoms with Crippen LogP contribution < -0.4 is 5.73 Å². The first-order valence-electron chi connectivity index (χ1n) is 3.08. The molecule has 0 fully saturated rings. The van der Waals surface area contributed by atoms with E-state index in [4.69, 9.17) is 11.3 Å². The topological polar surface area (TPSA) is 62.2 Å². The average Bonchev–Trinajstić information content (AvgIpc) is 1.97. The molecule has 0 aliphatic heterocycles. The zero-order valence-corrected chi connectivity index (χ0v) is 6.06. The molecule has 0 bridgehead atoms. The van der Waals surface area contributed by atoms with Gasteiger partial charge in [-0.15, -0.1) is 0 Å². The fourth-order valence-corrected chi connectivity index (χ4v) is 0.790. The molecule has 0 aromatic heterocycles.